The van der Waals surface area contributed by atoms with Crippen molar-refractivity contribution in [2.24, 2.45) is 0 Å². The van der Waals surface area contributed by atoms with E-state index in [9.17, 15) is 34.5 Å². The van der Waals surface area contributed by atoms with Crippen molar-refractivity contribution in [2.45, 2.75) is 89.1 Å². The van der Waals surface area contributed by atoms with Crippen LogP contribution in [0.25, 0.3) is 0 Å². The van der Waals surface area contributed by atoms with E-state index < -0.39 is 98.5 Å². The molecule has 2 fully saturated rings. The first-order chi connectivity index (χ1) is 17.9. The second-order valence-corrected chi connectivity index (χ2v) is 8.49. The molecule has 0 aromatic carbocycles. The molecular weight excluding hydrogens is 516 g/mol. The third-order valence-corrected chi connectivity index (χ3v) is 5.46. The van der Waals surface area contributed by atoms with Crippen LogP contribution in [0.15, 0.2) is 12.7 Å². The van der Waals surface area contributed by atoms with Crippen LogP contribution in [0.1, 0.15) is 27.7 Å². The number of carbonyl (C=O) groups excluding carboxylic acids is 4. The van der Waals surface area contributed by atoms with Crippen LogP contribution in [-0.2, 0) is 57.1 Å². The predicted molar refractivity (Wildman–Crippen MR) is 121 cm³/mol. The fraction of sp³-hybridized carbons (Fsp3) is 0.739. The molecule has 10 atom stereocenters. The summed E-state index contributed by atoms with van der Waals surface area (Å²) in [5.41, 5.74) is 0. The second-order valence-electron chi connectivity index (χ2n) is 8.49. The smallest absolute Gasteiger partial charge is 0.303 e. The Morgan fingerprint density at radius 2 is 1.37 bits per heavy atom. The average Bonchev–Trinajstić information content (AvgIpc) is 2.82. The highest BCUT2D eigenvalue weighted by molar-refractivity contribution is 5.68. The molecule has 3 N–H and O–H groups in total. The Labute approximate surface area is 218 Å². The first-order valence-electron chi connectivity index (χ1n) is 11.7. The average molecular weight is 551 g/mol. The molecule has 0 amide bonds. The van der Waals surface area contributed by atoms with Crippen molar-refractivity contribution in [1.29, 1.82) is 0 Å². The first-order valence-corrected chi connectivity index (χ1v) is 11.7. The molecule has 0 saturated carbocycles. The number of esters is 4. The molecule has 0 aromatic rings. The van der Waals surface area contributed by atoms with Gasteiger partial charge in [-0.3, -0.25) is 19.2 Å². The van der Waals surface area contributed by atoms with E-state index in [2.05, 4.69) is 6.58 Å². The quantitative estimate of drug-likeness (QED) is 0.146. The Hall–Kier alpha value is -2.66. The number of hydrogen-bond acceptors (Lipinski definition) is 15. The summed E-state index contributed by atoms with van der Waals surface area (Å²) < 4.78 is 43.5. The maximum atomic E-state index is 12.0. The van der Waals surface area contributed by atoms with Gasteiger partial charge < -0.3 is 53.2 Å². The summed E-state index contributed by atoms with van der Waals surface area (Å²) in [4.78, 5) is 47.3. The van der Waals surface area contributed by atoms with Crippen molar-refractivity contribution >= 4 is 23.9 Å². The number of carbonyl (C=O) groups is 4. The van der Waals surface area contributed by atoms with E-state index >= 15 is 0 Å². The molecule has 0 aromatic heterocycles. The van der Waals surface area contributed by atoms with E-state index in [0.29, 0.717) is 0 Å². The van der Waals surface area contributed by atoms with E-state index in [1.165, 1.54) is 6.08 Å². The molecule has 2 saturated heterocycles. The fourth-order valence-electron chi connectivity index (χ4n) is 4.02. The van der Waals surface area contributed by atoms with Crippen LogP contribution in [0.5, 0.6) is 0 Å². The molecule has 2 aliphatic heterocycles. The van der Waals surface area contributed by atoms with Gasteiger partial charge in [0, 0.05) is 27.7 Å². The van der Waals surface area contributed by atoms with Crippen molar-refractivity contribution in [3.05, 3.63) is 12.7 Å². The van der Waals surface area contributed by atoms with Crippen molar-refractivity contribution in [3.63, 3.8) is 0 Å². The van der Waals surface area contributed by atoms with E-state index in [1.807, 2.05) is 0 Å². The lowest BCUT2D eigenvalue weighted by atomic mass is 9.96. The summed E-state index contributed by atoms with van der Waals surface area (Å²) in [5.74, 6) is -3.21. The van der Waals surface area contributed by atoms with Crippen molar-refractivity contribution < 1.29 is 72.4 Å². The molecule has 0 bridgehead atoms. The monoisotopic (exact) mass is 550 g/mol. The minimum atomic E-state index is -1.67. The summed E-state index contributed by atoms with van der Waals surface area (Å²) in [6.07, 6.45) is -13.5. The molecule has 2 aliphatic rings. The van der Waals surface area contributed by atoms with E-state index in [4.69, 9.17) is 37.9 Å². The van der Waals surface area contributed by atoms with Crippen LogP contribution >= 0.6 is 0 Å². The minimum Gasteiger partial charge on any atom is -0.463 e. The lowest BCUT2D eigenvalue weighted by Crippen LogP contribution is -2.66. The van der Waals surface area contributed by atoms with Gasteiger partial charge in [-0.25, -0.2) is 0 Å². The lowest BCUT2D eigenvalue weighted by Gasteiger charge is -2.47. The number of hydrogen-bond donors (Lipinski definition) is 3. The van der Waals surface area contributed by atoms with Gasteiger partial charge in [0.25, 0.3) is 0 Å². The normalized spacial score (nSPS) is 35.0. The van der Waals surface area contributed by atoms with Gasteiger partial charge in [0.05, 0.1) is 13.2 Å². The zero-order chi connectivity index (χ0) is 28.6. The summed E-state index contributed by atoms with van der Waals surface area (Å²) in [7, 11) is 0. The van der Waals surface area contributed by atoms with E-state index in [0.717, 1.165) is 27.7 Å². The summed E-state index contributed by atoms with van der Waals surface area (Å²) >= 11 is 0. The third kappa shape index (κ3) is 8.42. The van der Waals surface area contributed by atoms with Gasteiger partial charge in [0.2, 0.25) is 0 Å². The zero-order valence-electron chi connectivity index (χ0n) is 21.4. The Morgan fingerprint density at radius 3 is 1.89 bits per heavy atom. The van der Waals surface area contributed by atoms with Gasteiger partial charge in [-0.1, -0.05) is 6.08 Å². The molecule has 2 heterocycles. The zero-order valence-corrected chi connectivity index (χ0v) is 21.4. The Morgan fingerprint density at radius 1 is 0.789 bits per heavy atom. The number of rotatable bonds is 11. The highest BCUT2D eigenvalue weighted by atomic mass is 16.8. The summed E-state index contributed by atoms with van der Waals surface area (Å²) in [6, 6.07) is 0. The molecule has 216 valence electrons. The standard InChI is InChI=1S/C23H34O15/c1-6-7-31-20-18(16(29)14(8-24)36-22(20)30)38-23-21(35-13(5)28)19(34-12(4)27)17(33-11(3)26)15(37-23)9-32-10(2)25/h6,14-24,29-30H,1,7-9H2,2-5H3/t14-,15+,16-,17+,18+,19-,20-,21-,22-,23-/m0/s1. The fourth-order valence-corrected chi connectivity index (χ4v) is 4.02. The van der Waals surface area contributed by atoms with Crippen LogP contribution in [-0.4, -0.2) is 120 Å². The molecule has 0 radical (unpaired) electrons. The molecule has 2 rings (SSSR count). The lowest BCUT2D eigenvalue weighted by molar-refractivity contribution is -0.360. The van der Waals surface area contributed by atoms with Gasteiger partial charge in [0.1, 0.15) is 37.1 Å². The predicted octanol–water partition coefficient (Wildman–Crippen LogP) is -1.90. The van der Waals surface area contributed by atoms with Gasteiger partial charge in [0.15, 0.2) is 30.9 Å². The molecule has 15 heteroatoms. The van der Waals surface area contributed by atoms with E-state index in [1.54, 1.807) is 0 Å². The van der Waals surface area contributed by atoms with Crippen molar-refractivity contribution in [3.8, 4) is 0 Å². The first kappa shape index (κ1) is 31.6. The second kappa shape index (κ2) is 14.5. The maximum absolute atomic E-state index is 12.0. The molecule has 0 aliphatic carbocycles. The topological polar surface area (TPSA) is 203 Å². The van der Waals surface area contributed by atoms with Gasteiger partial charge >= 0.3 is 23.9 Å². The number of aliphatic hydroxyl groups excluding tert-OH is 3. The molecule has 15 nitrogen and oxygen atoms in total. The molecular formula is C23H34O15. The SMILES string of the molecule is C=CCO[C@H]1[C@H](O[C@@H]2O[C@H](COC(C)=O)[C@@H](OC(C)=O)[C@H](OC(C)=O)[C@@H]2OC(C)=O)[C@@H](O)[C@H](CO)O[C@@H]1O. The van der Waals surface area contributed by atoms with Gasteiger partial charge in [-0.15, -0.1) is 6.58 Å². The Balaban J connectivity index is 2.52. The van der Waals surface area contributed by atoms with Crippen LogP contribution < -0.4 is 0 Å². The Bertz CT molecular complexity index is 847. The highest BCUT2D eigenvalue weighted by Crippen LogP contribution is 2.33. The minimum absolute atomic E-state index is 0.0972. The third-order valence-electron chi connectivity index (χ3n) is 5.46. The van der Waals surface area contributed by atoms with E-state index in [-0.39, 0.29) is 6.61 Å². The van der Waals surface area contributed by atoms with Crippen molar-refractivity contribution in [1.82, 2.24) is 0 Å². The maximum Gasteiger partial charge on any atom is 0.303 e. The molecule has 0 unspecified atom stereocenters. The van der Waals surface area contributed by atoms with Crippen LogP contribution in [0.3, 0.4) is 0 Å². The van der Waals surface area contributed by atoms with Gasteiger partial charge in [-0.05, 0) is 0 Å². The van der Waals surface area contributed by atoms with Gasteiger partial charge in [-0.2, -0.15) is 0 Å². The van der Waals surface area contributed by atoms with Crippen molar-refractivity contribution in [2.75, 3.05) is 19.8 Å². The number of ether oxygens (including phenoxy) is 8. The van der Waals surface area contributed by atoms with Crippen LogP contribution in [0.2, 0.25) is 0 Å². The van der Waals surface area contributed by atoms with Crippen LogP contribution in [0.4, 0.5) is 0 Å². The Kier molecular flexibility index (Phi) is 12.0. The molecule has 0 spiro atoms. The molecule has 38 heavy (non-hydrogen) atoms. The largest absolute Gasteiger partial charge is 0.463 e. The number of aliphatic hydroxyl groups is 3. The summed E-state index contributed by atoms with van der Waals surface area (Å²) in [6.45, 7) is 6.54. The van der Waals surface area contributed by atoms with Crippen LogP contribution in [0, 0.1) is 0 Å². The summed E-state index contributed by atoms with van der Waals surface area (Å²) in [5, 5.41) is 30.9. The highest BCUT2D eigenvalue weighted by Gasteiger charge is 2.55.